The summed E-state index contributed by atoms with van der Waals surface area (Å²) in [6.07, 6.45) is 1.07. The molecule has 3 nitrogen and oxygen atoms in total. The van der Waals surface area contributed by atoms with Crippen molar-refractivity contribution < 1.29 is 4.74 Å². The maximum Gasteiger partial charge on any atom is 0.119 e. The van der Waals surface area contributed by atoms with Gasteiger partial charge in [-0.2, -0.15) is 0 Å². The molecule has 2 saturated heterocycles. The number of likely N-dealkylation sites (tertiary alicyclic amines) is 1. The topological polar surface area (TPSA) is 24.5 Å². The molecule has 21 heavy (non-hydrogen) atoms. The smallest absolute Gasteiger partial charge is 0.119 e. The first-order valence-electron chi connectivity index (χ1n) is 7.91. The highest BCUT2D eigenvalue weighted by atomic mass is 35.5. The van der Waals surface area contributed by atoms with Crippen LogP contribution in [0.15, 0.2) is 24.3 Å². The third kappa shape index (κ3) is 3.20. The molecular formula is C17H25ClN2O. The number of halogens is 1. The van der Waals surface area contributed by atoms with Crippen LogP contribution in [-0.2, 0) is 0 Å². The summed E-state index contributed by atoms with van der Waals surface area (Å²) in [6, 6.07) is 7.60. The van der Waals surface area contributed by atoms with E-state index < -0.39 is 0 Å². The highest BCUT2D eigenvalue weighted by Gasteiger charge is 2.48. The minimum absolute atomic E-state index is 0.314. The second kappa shape index (κ2) is 6.15. The lowest BCUT2D eigenvalue weighted by molar-refractivity contribution is 0.130. The number of fused-ring (bicyclic) bond motifs is 1. The highest BCUT2D eigenvalue weighted by molar-refractivity contribution is 6.30. The molecule has 0 saturated carbocycles. The Bertz CT molecular complexity index is 474. The summed E-state index contributed by atoms with van der Waals surface area (Å²) in [5.74, 6) is 2.54. The molecule has 0 bridgehead atoms. The predicted octanol–water partition coefficient (Wildman–Crippen LogP) is 3.04. The maximum atomic E-state index is 5.87. The van der Waals surface area contributed by atoms with Gasteiger partial charge in [0.2, 0.25) is 0 Å². The first kappa shape index (κ1) is 15.1. The van der Waals surface area contributed by atoms with Crippen molar-refractivity contribution in [3.63, 3.8) is 0 Å². The lowest BCUT2D eigenvalue weighted by Crippen LogP contribution is -2.45. The summed E-state index contributed by atoms with van der Waals surface area (Å²) in [5, 5.41) is 4.28. The van der Waals surface area contributed by atoms with Crippen molar-refractivity contribution >= 4 is 11.6 Å². The van der Waals surface area contributed by atoms with Crippen LogP contribution in [0.4, 0.5) is 0 Å². The van der Waals surface area contributed by atoms with Gasteiger partial charge in [0.25, 0.3) is 0 Å². The van der Waals surface area contributed by atoms with E-state index in [4.69, 9.17) is 16.3 Å². The molecule has 2 unspecified atom stereocenters. The van der Waals surface area contributed by atoms with Gasteiger partial charge in [0, 0.05) is 30.2 Å². The molecule has 116 valence electrons. The molecule has 2 aliphatic rings. The van der Waals surface area contributed by atoms with Crippen LogP contribution in [-0.4, -0.2) is 43.2 Å². The molecule has 0 spiro atoms. The lowest BCUT2D eigenvalue weighted by Gasteiger charge is -2.35. The van der Waals surface area contributed by atoms with Crippen LogP contribution < -0.4 is 10.1 Å². The zero-order valence-corrected chi connectivity index (χ0v) is 13.7. The number of nitrogens with zero attached hydrogens (tertiary/aromatic N) is 1. The Morgan fingerprint density at radius 3 is 2.76 bits per heavy atom. The van der Waals surface area contributed by atoms with Gasteiger partial charge >= 0.3 is 0 Å². The van der Waals surface area contributed by atoms with E-state index in [9.17, 15) is 0 Å². The van der Waals surface area contributed by atoms with Crippen LogP contribution in [0.25, 0.3) is 0 Å². The fourth-order valence-corrected chi connectivity index (χ4v) is 3.99. The Balaban J connectivity index is 1.44. The number of benzene rings is 1. The van der Waals surface area contributed by atoms with E-state index in [2.05, 4.69) is 24.1 Å². The Kier molecular flexibility index (Phi) is 4.43. The van der Waals surface area contributed by atoms with Crippen molar-refractivity contribution in [3.8, 4) is 5.75 Å². The van der Waals surface area contributed by atoms with Gasteiger partial charge in [-0.15, -0.1) is 0 Å². The first-order chi connectivity index (χ1) is 10.1. The zero-order valence-electron chi connectivity index (χ0n) is 12.9. The van der Waals surface area contributed by atoms with E-state index in [0.717, 1.165) is 42.2 Å². The number of rotatable bonds is 5. The molecule has 1 aromatic rings. The molecule has 2 fully saturated rings. The van der Waals surface area contributed by atoms with Gasteiger partial charge in [0.05, 0.1) is 6.61 Å². The number of ether oxygens (including phenoxy) is 1. The van der Waals surface area contributed by atoms with E-state index >= 15 is 0 Å². The van der Waals surface area contributed by atoms with Crippen LogP contribution in [0.3, 0.4) is 0 Å². The van der Waals surface area contributed by atoms with Gasteiger partial charge in [-0.3, -0.25) is 4.90 Å². The van der Waals surface area contributed by atoms with Crippen molar-refractivity contribution in [1.29, 1.82) is 0 Å². The quantitative estimate of drug-likeness (QED) is 0.846. The fraction of sp³-hybridized carbons (Fsp3) is 0.647. The third-order valence-electron chi connectivity index (χ3n) is 5.17. The van der Waals surface area contributed by atoms with Crippen LogP contribution in [0.1, 0.15) is 20.3 Å². The lowest BCUT2D eigenvalue weighted by atomic mass is 9.85. The highest BCUT2D eigenvalue weighted by Crippen LogP contribution is 2.40. The monoisotopic (exact) mass is 308 g/mol. The van der Waals surface area contributed by atoms with Crippen LogP contribution in [0.5, 0.6) is 5.75 Å². The van der Waals surface area contributed by atoms with Crippen LogP contribution in [0, 0.1) is 11.8 Å². The van der Waals surface area contributed by atoms with Crippen molar-refractivity contribution in [2.45, 2.75) is 25.8 Å². The number of hydrogen-bond donors (Lipinski definition) is 1. The normalized spacial score (nSPS) is 27.8. The van der Waals surface area contributed by atoms with E-state index in [0.29, 0.717) is 5.54 Å². The minimum atomic E-state index is 0.314. The van der Waals surface area contributed by atoms with Gasteiger partial charge in [-0.25, -0.2) is 0 Å². The summed E-state index contributed by atoms with van der Waals surface area (Å²) in [4.78, 5) is 2.65. The first-order valence-corrected chi connectivity index (χ1v) is 8.29. The third-order valence-corrected chi connectivity index (χ3v) is 5.42. The van der Waals surface area contributed by atoms with E-state index in [1.165, 1.54) is 19.6 Å². The van der Waals surface area contributed by atoms with Gasteiger partial charge < -0.3 is 10.1 Å². The number of hydrogen-bond acceptors (Lipinski definition) is 3. The molecule has 3 rings (SSSR count). The summed E-state index contributed by atoms with van der Waals surface area (Å²) in [7, 11) is 0. The summed E-state index contributed by atoms with van der Waals surface area (Å²) in [6.45, 7) is 10.3. The van der Waals surface area contributed by atoms with E-state index in [1.54, 1.807) is 0 Å². The Morgan fingerprint density at radius 2 is 2.05 bits per heavy atom. The molecule has 1 aromatic carbocycles. The largest absolute Gasteiger partial charge is 0.494 e. The second-order valence-corrected chi connectivity index (χ2v) is 7.22. The van der Waals surface area contributed by atoms with Crippen molar-refractivity contribution in [3.05, 3.63) is 29.3 Å². The summed E-state index contributed by atoms with van der Waals surface area (Å²) in [5.41, 5.74) is 0.314. The zero-order chi connectivity index (χ0) is 14.9. The predicted molar refractivity (Wildman–Crippen MR) is 87.1 cm³/mol. The van der Waals surface area contributed by atoms with Crippen LogP contribution >= 0.6 is 11.6 Å². The molecule has 4 heteroatoms. The average Bonchev–Trinajstić information content (AvgIpc) is 3.00. The molecule has 1 N–H and O–H groups in total. The van der Waals surface area contributed by atoms with Gasteiger partial charge in [0.1, 0.15) is 5.75 Å². The summed E-state index contributed by atoms with van der Waals surface area (Å²) < 4.78 is 5.79. The standard InChI is InChI=1S/C17H25ClN2O/c1-17(2)16-11-19-10-13(16)12-20(17)8-3-9-21-15-6-4-14(18)5-7-15/h4-7,13,16,19H,3,8-12H2,1-2H3. The summed E-state index contributed by atoms with van der Waals surface area (Å²) >= 11 is 5.87. The van der Waals surface area contributed by atoms with E-state index in [1.807, 2.05) is 24.3 Å². The van der Waals surface area contributed by atoms with Gasteiger partial charge in [-0.05, 0) is 62.9 Å². The molecule has 0 amide bonds. The molecule has 2 aliphatic heterocycles. The second-order valence-electron chi connectivity index (χ2n) is 6.78. The van der Waals surface area contributed by atoms with Crippen molar-refractivity contribution in [2.24, 2.45) is 11.8 Å². The maximum absolute atomic E-state index is 5.87. The molecule has 2 heterocycles. The molecular weight excluding hydrogens is 284 g/mol. The fourth-order valence-electron chi connectivity index (χ4n) is 3.86. The minimum Gasteiger partial charge on any atom is -0.494 e. The van der Waals surface area contributed by atoms with Crippen molar-refractivity contribution in [2.75, 3.05) is 32.8 Å². The van der Waals surface area contributed by atoms with Gasteiger partial charge in [-0.1, -0.05) is 11.6 Å². The van der Waals surface area contributed by atoms with E-state index in [-0.39, 0.29) is 0 Å². The molecule has 0 aromatic heterocycles. The SMILES string of the molecule is CC1(C)C2CNCC2CN1CCCOc1ccc(Cl)cc1. The Morgan fingerprint density at radius 1 is 1.29 bits per heavy atom. The average molecular weight is 309 g/mol. The van der Waals surface area contributed by atoms with Crippen LogP contribution in [0.2, 0.25) is 5.02 Å². The number of nitrogens with one attached hydrogen (secondary N) is 1. The molecule has 0 aliphatic carbocycles. The Hall–Kier alpha value is -0.770. The Labute approximate surface area is 132 Å². The van der Waals surface area contributed by atoms with Gasteiger partial charge in [0.15, 0.2) is 0 Å². The molecule has 0 radical (unpaired) electrons. The molecule has 2 atom stereocenters. The van der Waals surface area contributed by atoms with Crippen molar-refractivity contribution in [1.82, 2.24) is 10.2 Å².